The van der Waals surface area contributed by atoms with Gasteiger partial charge in [0.2, 0.25) is 0 Å². The van der Waals surface area contributed by atoms with E-state index in [1.54, 1.807) is 5.06 Å². The molecule has 0 aromatic heterocycles. The highest BCUT2D eigenvalue weighted by molar-refractivity contribution is 5.91. The molecule has 0 spiro atoms. The largest absolute Gasteiger partial charge is 0.396 e. The Bertz CT molecular complexity index is 664. The van der Waals surface area contributed by atoms with Crippen molar-refractivity contribution in [3.8, 4) is 0 Å². The maximum Gasteiger partial charge on any atom is 0.357 e. The van der Waals surface area contributed by atoms with E-state index in [0.717, 1.165) is 18.4 Å². The van der Waals surface area contributed by atoms with Gasteiger partial charge in [0.1, 0.15) is 0 Å². The standard InChI is InChI=1S/C20H23NO3/c22-15-17-10-12-21(13-11-17)24-20(23)19-9-5-4-8-18(19)14-16-6-2-1-3-7-16/h1-9,17,22H,10-15H2. The van der Waals surface area contributed by atoms with Crippen LogP contribution in [0.3, 0.4) is 0 Å². The van der Waals surface area contributed by atoms with Crippen LogP contribution in [-0.4, -0.2) is 35.8 Å². The molecular formula is C20H23NO3. The average Bonchev–Trinajstić information content (AvgIpc) is 2.63. The minimum absolute atomic E-state index is 0.210. The van der Waals surface area contributed by atoms with E-state index in [1.807, 2.05) is 42.5 Å². The van der Waals surface area contributed by atoms with Gasteiger partial charge in [0.15, 0.2) is 0 Å². The van der Waals surface area contributed by atoms with Crippen LogP contribution in [0.15, 0.2) is 54.6 Å². The second kappa shape index (κ2) is 8.08. The highest BCUT2D eigenvalue weighted by Crippen LogP contribution is 2.19. The van der Waals surface area contributed by atoms with Crippen LogP contribution >= 0.6 is 0 Å². The summed E-state index contributed by atoms with van der Waals surface area (Å²) in [6, 6.07) is 17.7. The van der Waals surface area contributed by atoms with Crippen LogP contribution in [-0.2, 0) is 11.3 Å². The number of aliphatic hydroxyl groups is 1. The van der Waals surface area contributed by atoms with Crippen molar-refractivity contribution in [3.05, 3.63) is 71.3 Å². The normalized spacial score (nSPS) is 16.0. The van der Waals surface area contributed by atoms with Gasteiger partial charge in [-0.05, 0) is 42.4 Å². The Morgan fingerprint density at radius 1 is 1.04 bits per heavy atom. The Balaban J connectivity index is 1.67. The van der Waals surface area contributed by atoms with Crippen LogP contribution < -0.4 is 0 Å². The van der Waals surface area contributed by atoms with Crippen molar-refractivity contribution >= 4 is 5.97 Å². The molecular weight excluding hydrogens is 302 g/mol. The zero-order chi connectivity index (χ0) is 16.8. The van der Waals surface area contributed by atoms with E-state index in [2.05, 4.69) is 12.1 Å². The molecule has 126 valence electrons. The van der Waals surface area contributed by atoms with Crippen molar-refractivity contribution < 1.29 is 14.7 Å². The van der Waals surface area contributed by atoms with Crippen LogP contribution in [0, 0.1) is 5.92 Å². The number of nitrogens with zero attached hydrogens (tertiary/aromatic N) is 1. The fourth-order valence-corrected chi connectivity index (χ4v) is 3.04. The molecule has 0 radical (unpaired) electrons. The molecule has 0 unspecified atom stereocenters. The third-order valence-electron chi connectivity index (χ3n) is 4.52. The number of piperidine rings is 1. The van der Waals surface area contributed by atoms with E-state index in [-0.39, 0.29) is 12.6 Å². The maximum atomic E-state index is 12.6. The number of hydroxylamine groups is 2. The van der Waals surface area contributed by atoms with Gasteiger partial charge in [-0.2, -0.15) is 0 Å². The molecule has 2 aromatic carbocycles. The lowest BCUT2D eigenvalue weighted by molar-refractivity contribution is -0.128. The number of carbonyl (C=O) groups is 1. The predicted molar refractivity (Wildman–Crippen MR) is 92.5 cm³/mol. The zero-order valence-electron chi connectivity index (χ0n) is 13.7. The SMILES string of the molecule is O=C(ON1CCC(CO)CC1)c1ccccc1Cc1ccccc1. The summed E-state index contributed by atoms with van der Waals surface area (Å²) in [7, 11) is 0. The van der Waals surface area contributed by atoms with E-state index < -0.39 is 0 Å². The number of aliphatic hydroxyl groups excluding tert-OH is 1. The third-order valence-corrected chi connectivity index (χ3v) is 4.52. The Morgan fingerprint density at radius 2 is 1.71 bits per heavy atom. The highest BCUT2D eigenvalue weighted by Gasteiger charge is 2.23. The van der Waals surface area contributed by atoms with Crippen molar-refractivity contribution in [2.75, 3.05) is 19.7 Å². The molecule has 0 atom stereocenters. The molecule has 1 fully saturated rings. The monoisotopic (exact) mass is 325 g/mol. The second-order valence-electron chi connectivity index (χ2n) is 6.25. The van der Waals surface area contributed by atoms with Crippen LogP contribution in [0.5, 0.6) is 0 Å². The second-order valence-corrected chi connectivity index (χ2v) is 6.25. The third kappa shape index (κ3) is 4.22. The lowest BCUT2D eigenvalue weighted by Crippen LogP contribution is -2.36. The number of hydrogen-bond acceptors (Lipinski definition) is 4. The number of benzene rings is 2. The Hall–Kier alpha value is -2.17. The van der Waals surface area contributed by atoms with Crippen molar-refractivity contribution in [3.63, 3.8) is 0 Å². The molecule has 0 bridgehead atoms. The Labute approximate surface area is 142 Å². The van der Waals surface area contributed by atoms with Crippen LogP contribution in [0.2, 0.25) is 0 Å². The summed E-state index contributed by atoms with van der Waals surface area (Å²) in [6.45, 7) is 1.57. The molecule has 1 saturated heterocycles. The van der Waals surface area contributed by atoms with Crippen molar-refractivity contribution in [2.45, 2.75) is 19.3 Å². The van der Waals surface area contributed by atoms with Crippen LogP contribution in [0.25, 0.3) is 0 Å². The summed E-state index contributed by atoms with van der Waals surface area (Å²) in [5.41, 5.74) is 2.76. The van der Waals surface area contributed by atoms with Gasteiger partial charge in [0.05, 0.1) is 5.56 Å². The van der Waals surface area contributed by atoms with Crippen LogP contribution in [0.4, 0.5) is 0 Å². The molecule has 4 nitrogen and oxygen atoms in total. The molecule has 1 aliphatic rings. The summed E-state index contributed by atoms with van der Waals surface area (Å²) in [4.78, 5) is 18.1. The topological polar surface area (TPSA) is 49.8 Å². The molecule has 0 amide bonds. The van der Waals surface area contributed by atoms with Crippen molar-refractivity contribution in [1.82, 2.24) is 5.06 Å². The quantitative estimate of drug-likeness (QED) is 0.918. The van der Waals surface area contributed by atoms with Gasteiger partial charge in [-0.15, -0.1) is 5.06 Å². The molecule has 24 heavy (non-hydrogen) atoms. The molecule has 1 N–H and O–H groups in total. The molecule has 1 heterocycles. The van der Waals surface area contributed by atoms with E-state index in [4.69, 9.17) is 4.84 Å². The molecule has 0 saturated carbocycles. The average molecular weight is 325 g/mol. The number of carbonyl (C=O) groups excluding carboxylic acids is 1. The molecule has 1 aliphatic heterocycles. The summed E-state index contributed by atoms with van der Waals surface area (Å²) >= 11 is 0. The lowest BCUT2D eigenvalue weighted by atomic mass is 9.99. The summed E-state index contributed by atoms with van der Waals surface area (Å²) in [5.74, 6) is 0.0225. The smallest absolute Gasteiger partial charge is 0.357 e. The Kier molecular flexibility index (Phi) is 5.62. The van der Waals surface area contributed by atoms with Gasteiger partial charge in [0.25, 0.3) is 0 Å². The van der Waals surface area contributed by atoms with E-state index >= 15 is 0 Å². The lowest BCUT2D eigenvalue weighted by Gasteiger charge is -2.29. The number of rotatable bonds is 5. The minimum atomic E-state index is -0.302. The Morgan fingerprint density at radius 3 is 2.42 bits per heavy atom. The summed E-state index contributed by atoms with van der Waals surface area (Å²) < 4.78 is 0. The molecule has 2 aromatic rings. The van der Waals surface area contributed by atoms with Gasteiger partial charge in [0, 0.05) is 19.7 Å². The first-order chi connectivity index (χ1) is 11.8. The van der Waals surface area contributed by atoms with E-state index in [9.17, 15) is 9.90 Å². The molecule has 3 rings (SSSR count). The fourth-order valence-electron chi connectivity index (χ4n) is 3.04. The van der Waals surface area contributed by atoms with Crippen molar-refractivity contribution in [1.29, 1.82) is 0 Å². The first-order valence-corrected chi connectivity index (χ1v) is 8.46. The van der Waals surface area contributed by atoms with Gasteiger partial charge in [-0.3, -0.25) is 0 Å². The van der Waals surface area contributed by atoms with Gasteiger partial charge in [-0.25, -0.2) is 4.79 Å². The van der Waals surface area contributed by atoms with Gasteiger partial charge < -0.3 is 9.94 Å². The van der Waals surface area contributed by atoms with Gasteiger partial charge in [-0.1, -0.05) is 48.5 Å². The summed E-state index contributed by atoms with van der Waals surface area (Å²) in [5, 5.41) is 10.9. The van der Waals surface area contributed by atoms with Crippen LogP contribution in [0.1, 0.15) is 34.3 Å². The van der Waals surface area contributed by atoms with Gasteiger partial charge >= 0.3 is 5.97 Å². The number of hydrogen-bond donors (Lipinski definition) is 1. The molecule has 0 aliphatic carbocycles. The van der Waals surface area contributed by atoms with E-state index in [0.29, 0.717) is 31.0 Å². The molecule has 4 heteroatoms. The summed E-state index contributed by atoms with van der Waals surface area (Å²) in [6.07, 6.45) is 2.42. The first kappa shape index (κ1) is 16.7. The predicted octanol–water partition coefficient (Wildman–Crippen LogP) is 3.05. The fraction of sp³-hybridized carbons (Fsp3) is 0.350. The highest BCUT2D eigenvalue weighted by atomic mass is 16.7. The first-order valence-electron chi connectivity index (χ1n) is 8.46. The van der Waals surface area contributed by atoms with Crippen molar-refractivity contribution in [2.24, 2.45) is 5.92 Å². The zero-order valence-corrected chi connectivity index (χ0v) is 13.7. The maximum absolute atomic E-state index is 12.6. The van der Waals surface area contributed by atoms with E-state index in [1.165, 1.54) is 5.56 Å². The minimum Gasteiger partial charge on any atom is -0.396 e.